The van der Waals surface area contributed by atoms with Gasteiger partial charge < -0.3 is 11.5 Å². The predicted octanol–water partition coefficient (Wildman–Crippen LogP) is 1.17. The summed E-state index contributed by atoms with van der Waals surface area (Å²) in [5.74, 6) is -0.552. The summed E-state index contributed by atoms with van der Waals surface area (Å²) in [6.07, 6.45) is 7.66. The van der Waals surface area contributed by atoms with Crippen LogP contribution in [0.4, 0.5) is 9.80 Å². The van der Waals surface area contributed by atoms with Crippen molar-refractivity contribution in [2.24, 2.45) is 11.5 Å². The quantitative estimate of drug-likeness (QED) is 0.683. The van der Waals surface area contributed by atoms with Crippen molar-refractivity contribution in [1.29, 1.82) is 0 Å². The smallest absolute Gasteiger partial charge is 0.317 e. The van der Waals surface area contributed by atoms with Crippen molar-refractivity contribution in [2.75, 3.05) is 25.0 Å². The third-order valence-electron chi connectivity index (χ3n) is 4.82. The molecule has 4 rings (SSSR count). The molecular weight excluding hydrogens is 352 g/mol. The van der Waals surface area contributed by atoms with Crippen molar-refractivity contribution >= 4 is 28.3 Å². The standard InChI is InChI=1S/C17H20N6O2S/c18-15(24)13-10-3-4-12-11(14(10)26-16(13)21-17(19)25)9-20-23(12)8-7-22-5-1-2-6-22/h1-2,9H,3-8H2,(H2,18,24)(H3,19,21,25). The van der Waals surface area contributed by atoms with Gasteiger partial charge in [0.2, 0.25) is 0 Å². The lowest BCUT2D eigenvalue weighted by Crippen LogP contribution is -2.26. The third-order valence-corrected chi connectivity index (χ3v) is 6.00. The molecule has 2 aromatic rings. The first kappa shape index (κ1) is 16.8. The van der Waals surface area contributed by atoms with E-state index < -0.39 is 11.9 Å². The number of fused-ring (bicyclic) bond motifs is 3. The molecular formula is C17H20N6O2S. The summed E-state index contributed by atoms with van der Waals surface area (Å²) >= 11 is 1.33. The van der Waals surface area contributed by atoms with Crippen LogP contribution in [0.25, 0.3) is 10.4 Å². The van der Waals surface area contributed by atoms with Crippen LogP contribution in [0.15, 0.2) is 18.3 Å². The molecule has 0 spiro atoms. The van der Waals surface area contributed by atoms with Crippen LogP contribution in [0, 0.1) is 0 Å². The molecule has 9 heteroatoms. The first-order valence-corrected chi connectivity index (χ1v) is 9.30. The van der Waals surface area contributed by atoms with Crippen molar-refractivity contribution in [3.8, 4) is 10.4 Å². The number of amides is 3. The van der Waals surface area contributed by atoms with E-state index in [0.717, 1.165) is 54.3 Å². The number of rotatable bonds is 5. The number of carbonyl (C=O) groups is 2. The van der Waals surface area contributed by atoms with Gasteiger partial charge in [0.25, 0.3) is 5.91 Å². The second-order valence-corrected chi connectivity index (χ2v) is 7.45. The first-order chi connectivity index (χ1) is 12.5. The minimum Gasteiger partial charge on any atom is -0.365 e. The number of nitrogens with one attached hydrogen (secondary N) is 1. The molecule has 3 heterocycles. The molecule has 136 valence electrons. The van der Waals surface area contributed by atoms with Gasteiger partial charge in [-0.2, -0.15) is 5.10 Å². The molecule has 0 fully saturated rings. The number of anilines is 1. The van der Waals surface area contributed by atoms with Crippen molar-refractivity contribution in [3.05, 3.63) is 35.2 Å². The van der Waals surface area contributed by atoms with E-state index in [9.17, 15) is 9.59 Å². The van der Waals surface area contributed by atoms with E-state index in [1.54, 1.807) is 0 Å². The molecule has 0 saturated heterocycles. The SMILES string of the molecule is NC(=O)Nc1sc2c(c1C(N)=O)CCc1c-2cnn1CCN1CC=CC1. The van der Waals surface area contributed by atoms with Gasteiger partial charge in [0.15, 0.2) is 0 Å². The van der Waals surface area contributed by atoms with Crippen LogP contribution < -0.4 is 16.8 Å². The van der Waals surface area contributed by atoms with Crippen LogP contribution in [0.1, 0.15) is 21.6 Å². The van der Waals surface area contributed by atoms with Gasteiger partial charge in [-0.3, -0.25) is 19.7 Å². The summed E-state index contributed by atoms with van der Waals surface area (Å²) in [4.78, 5) is 26.5. The summed E-state index contributed by atoms with van der Waals surface area (Å²) in [5, 5.41) is 7.49. The maximum Gasteiger partial charge on any atom is 0.317 e. The van der Waals surface area contributed by atoms with Crippen molar-refractivity contribution < 1.29 is 9.59 Å². The van der Waals surface area contributed by atoms with Crippen LogP contribution in [-0.2, 0) is 19.4 Å². The van der Waals surface area contributed by atoms with E-state index in [-0.39, 0.29) is 0 Å². The van der Waals surface area contributed by atoms with E-state index in [1.807, 2.05) is 10.9 Å². The number of nitrogens with two attached hydrogens (primary N) is 2. The zero-order valence-electron chi connectivity index (χ0n) is 14.2. The number of thiophene rings is 1. The van der Waals surface area contributed by atoms with Gasteiger partial charge >= 0.3 is 6.03 Å². The van der Waals surface area contributed by atoms with Gasteiger partial charge in [0.1, 0.15) is 5.00 Å². The van der Waals surface area contributed by atoms with Gasteiger partial charge in [0.05, 0.1) is 18.3 Å². The molecule has 2 aliphatic rings. The average Bonchev–Trinajstić information content (AvgIpc) is 3.29. The maximum atomic E-state index is 11.9. The van der Waals surface area contributed by atoms with Crippen LogP contribution in [-0.4, -0.2) is 46.3 Å². The van der Waals surface area contributed by atoms with Crippen molar-refractivity contribution in [1.82, 2.24) is 14.7 Å². The van der Waals surface area contributed by atoms with Crippen LogP contribution in [0.2, 0.25) is 0 Å². The minimum atomic E-state index is -0.707. The van der Waals surface area contributed by atoms with Gasteiger partial charge in [-0.1, -0.05) is 12.2 Å². The molecule has 2 aromatic heterocycles. The van der Waals surface area contributed by atoms with Crippen LogP contribution >= 0.6 is 11.3 Å². The molecule has 0 unspecified atom stereocenters. The normalized spacial score (nSPS) is 15.7. The molecule has 0 radical (unpaired) electrons. The number of urea groups is 1. The Morgan fingerprint density at radius 3 is 2.65 bits per heavy atom. The highest BCUT2D eigenvalue weighted by Crippen LogP contribution is 2.44. The largest absolute Gasteiger partial charge is 0.365 e. The number of hydrogen-bond donors (Lipinski definition) is 3. The van der Waals surface area contributed by atoms with Gasteiger partial charge in [-0.25, -0.2) is 4.79 Å². The fourth-order valence-corrected chi connectivity index (χ4v) is 4.91. The Balaban J connectivity index is 1.65. The molecule has 0 atom stereocenters. The Labute approximate surface area is 154 Å². The highest BCUT2D eigenvalue weighted by atomic mass is 32.1. The second-order valence-electron chi connectivity index (χ2n) is 6.43. The average molecular weight is 372 g/mol. The minimum absolute atomic E-state index is 0.366. The molecule has 1 aliphatic heterocycles. The fraction of sp³-hybridized carbons (Fsp3) is 0.353. The molecule has 3 amide bonds. The Hall–Kier alpha value is -2.65. The summed E-state index contributed by atoms with van der Waals surface area (Å²) in [7, 11) is 0. The maximum absolute atomic E-state index is 11.9. The zero-order chi connectivity index (χ0) is 18.3. The van der Waals surface area contributed by atoms with E-state index >= 15 is 0 Å². The van der Waals surface area contributed by atoms with Gasteiger partial charge in [0, 0.05) is 35.8 Å². The monoisotopic (exact) mass is 372 g/mol. The number of hydrogen-bond acceptors (Lipinski definition) is 5. The van der Waals surface area contributed by atoms with E-state index in [0.29, 0.717) is 17.0 Å². The topological polar surface area (TPSA) is 119 Å². The summed E-state index contributed by atoms with van der Waals surface area (Å²) in [6, 6.07) is -0.707. The molecule has 0 saturated carbocycles. The molecule has 5 N–H and O–H groups in total. The van der Waals surface area contributed by atoms with Crippen LogP contribution in [0.5, 0.6) is 0 Å². The lowest BCUT2D eigenvalue weighted by atomic mass is 9.93. The lowest BCUT2D eigenvalue weighted by Gasteiger charge is -2.18. The molecule has 26 heavy (non-hydrogen) atoms. The van der Waals surface area contributed by atoms with E-state index in [4.69, 9.17) is 11.5 Å². The first-order valence-electron chi connectivity index (χ1n) is 8.49. The fourth-order valence-electron chi connectivity index (χ4n) is 3.62. The van der Waals surface area contributed by atoms with E-state index in [1.165, 1.54) is 11.3 Å². The van der Waals surface area contributed by atoms with Crippen molar-refractivity contribution in [2.45, 2.75) is 19.4 Å². The third kappa shape index (κ3) is 2.89. The number of primary amides is 2. The number of nitrogens with zero attached hydrogens (tertiary/aromatic N) is 3. The summed E-state index contributed by atoms with van der Waals surface area (Å²) in [6.45, 7) is 3.75. The molecule has 0 aromatic carbocycles. The number of aromatic nitrogens is 2. The lowest BCUT2D eigenvalue weighted by molar-refractivity contribution is 0.100. The van der Waals surface area contributed by atoms with Gasteiger partial charge in [-0.15, -0.1) is 11.3 Å². The summed E-state index contributed by atoms with van der Waals surface area (Å²) < 4.78 is 2.04. The predicted molar refractivity (Wildman–Crippen MR) is 100 cm³/mol. The Morgan fingerprint density at radius 2 is 1.96 bits per heavy atom. The molecule has 0 bridgehead atoms. The van der Waals surface area contributed by atoms with Gasteiger partial charge in [-0.05, 0) is 18.4 Å². The molecule has 1 aliphatic carbocycles. The summed E-state index contributed by atoms with van der Waals surface area (Å²) in [5.41, 5.74) is 14.2. The molecule has 8 nitrogen and oxygen atoms in total. The highest BCUT2D eigenvalue weighted by Gasteiger charge is 2.29. The Kier molecular flexibility index (Phi) is 4.25. The highest BCUT2D eigenvalue weighted by molar-refractivity contribution is 7.20. The second kappa shape index (κ2) is 6.58. The van der Waals surface area contributed by atoms with E-state index in [2.05, 4.69) is 27.5 Å². The Bertz CT molecular complexity index is 905. The number of carbonyl (C=O) groups excluding carboxylic acids is 2. The van der Waals surface area contributed by atoms with Crippen molar-refractivity contribution in [3.63, 3.8) is 0 Å². The van der Waals surface area contributed by atoms with Crippen LogP contribution in [0.3, 0.4) is 0 Å². The zero-order valence-corrected chi connectivity index (χ0v) is 15.0. The Morgan fingerprint density at radius 1 is 1.19 bits per heavy atom.